The zero-order chi connectivity index (χ0) is 19.4. The van der Waals surface area contributed by atoms with Crippen LogP contribution in [0.4, 0.5) is 5.00 Å². The topological polar surface area (TPSA) is 96.5 Å². The van der Waals surface area contributed by atoms with E-state index < -0.39 is 0 Å². The van der Waals surface area contributed by atoms with E-state index in [1.54, 1.807) is 16.0 Å². The highest BCUT2D eigenvalue weighted by molar-refractivity contribution is 8.00. The van der Waals surface area contributed by atoms with Crippen molar-refractivity contribution in [1.82, 2.24) is 20.2 Å². The highest BCUT2D eigenvalue weighted by atomic mass is 32.2. The van der Waals surface area contributed by atoms with Gasteiger partial charge >= 0.3 is 0 Å². The first kappa shape index (κ1) is 19.8. The number of tetrazole rings is 1. The number of anilines is 1. The van der Waals surface area contributed by atoms with Gasteiger partial charge in [0.15, 0.2) is 0 Å². The van der Waals surface area contributed by atoms with Gasteiger partial charge in [-0.1, -0.05) is 32.0 Å². The second-order valence-corrected chi connectivity index (χ2v) is 9.58. The number of fused-ring (bicyclic) bond motifs is 1. The van der Waals surface area contributed by atoms with Gasteiger partial charge in [-0.05, 0) is 54.5 Å². The lowest BCUT2D eigenvalue weighted by molar-refractivity contribution is -0.115. The van der Waals surface area contributed by atoms with Crippen LogP contribution < -0.4 is 5.32 Å². The molecule has 0 bridgehead atoms. The summed E-state index contributed by atoms with van der Waals surface area (Å²) in [7, 11) is 0. The number of nitrogens with zero attached hydrogens (tertiary/aromatic N) is 5. The summed E-state index contributed by atoms with van der Waals surface area (Å²) in [6.45, 7) is 6.73. The molecule has 1 atom stereocenters. The fourth-order valence-electron chi connectivity index (χ4n) is 3.12. The minimum absolute atomic E-state index is 0.132. The minimum atomic E-state index is -0.365. The molecule has 1 aliphatic rings. The quantitative estimate of drug-likeness (QED) is 0.583. The van der Waals surface area contributed by atoms with Gasteiger partial charge < -0.3 is 5.32 Å². The van der Waals surface area contributed by atoms with Crippen LogP contribution in [0.25, 0.3) is 0 Å². The van der Waals surface area contributed by atoms with Gasteiger partial charge in [-0.15, -0.1) is 16.4 Å². The van der Waals surface area contributed by atoms with E-state index in [4.69, 9.17) is 0 Å². The maximum absolute atomic E-state index is 12.7. The number of carbonyl (C=O) groups is 1. The van der Waals surface area contributed by atoms with Crippen molar-refractivity contribution >= 4 is 34.0 Å². The monoisotopic (exact) mass is 404 g/mol. The molecular formula is C18H24N6OS2. The van der Waals surface area contributed by atoms with Gasteiger partial charge in [-0.3, -0.25) is 4.79 Å². The molecule has 3 rings (SSSR count). The van der Waals surface area contributed by atoms with E-state index in [-0.39, 0.29) is 11.2 Å². The molecule has 27 heavy (non-hydrogen) atoms. The second-order valence-electron chi connectivity index (χ2n) is 7.17. The Morgan fingerprint density at radius 1 is 1.33 bits per heavy atom. The molecule has 1 aliphatic carbocycles. The standard InChI is InChI=1S/C18H24N6OS2/c1-11(2)10-24-18(21-22-23-24)26-12(3)16(25)20-17-14(9-19)13-7-5-4-6-8-15(13)27-17/h11-12H,4-8,10H2,1-3H3,(H,20,25). The zero-order valence-corrected chi connectivity index (χ0v) is 17.5. The fourth-order valence-corrected chi connectivity index (χ4v) is 5.16. The molecule has 1 N–H and O–H groups in total. The number of nitrogens with one attached hydrogen (secondary N) is 1. The molecule has 0 saturated carbocycles. The lowest BCUT2D eigenvalue weighted by atomic mass is 10.1. The number of thioether (sulfide) groups is 1. The van der Waals surface area contributed by atoms with Gasteiger partial charge in [0.05, 0.1) is 10.8 Å². The SMILES string of the molecule is CC(C)Cn1nnnc1SC(C)C(=O)Nc1sc2c(c1C#N)CCCCC2. The van der Waals surface area contributed by atoms with E-state index in [1.165, 1.54) is 23.1 Å². The van der Waals surface area contributed by atoms with E-state index in [2.05, 4.69) is 40.8 Å². The molecule has 0 aromatic carbocycles. The summed E-state index contributed by atoms with van der Waals surface area (Å²) >= 11 is 2.89. The third-order valence-electron chi connectivity index (χ3n) is 4.46. The van der Waals surface area contributed by atoms with E-state index >= 15 is 0 Å². The maximum Gasteiger partial charge on any atom is 0.238 e. The Balaban J connectivity index is 1.70. The number of thiophene rings is 1. The van der Waals surface area contributed by atoms with Crippen molar-refractivity contribution in [1.29, 1.82) is 5.26 Å². The summed E-state index contributed by atoms with van der Waals surface area (Å²) in [6, 6.07) is 2.30. The van der Waals surface area contributed by atoms with Crippen LogP contribution >= 0.6 is 23.1 Å². The van der Waals surface area contributed by atoms with Crippen LogP contribution in [0.2, 0.25) is 0 Å². The average molecular weight is 405 g/mol. The van der Waals surface area contributed by atoms with Crippen molar-refractivity contribution in [3.05, 3.63) is 16.0 Å². The molecule has 2 aromatic heterocycles. The van der Waals surface area contributed by atoms with Gasteiger partial charge in [0, 0.05) is 11.4 Å². The molecule has 0 radical (unpaired) electrons. The Morgan fingerprint density at radius 3 is 2.85 bits per heavy atom. The summed E-state index contributed by atoms with van der Waals surface area (Å²) in [5, 5.41) is 25.3. The lowest BCUT2D eigenvalue weighted by Gasteiger charge is -2.12. The number of aryl methyl sites for hydroxylation is 1. The first-order chi connectivity index (χ1) is 13.0. The van der Waals surface area contributed by atoms with E-state index in [0.717, 1.165) is 31.2 Å². The van der Waals surface area contributed by atoms with Crippen molar-refractivity contribution in [3.63, 3.8) is 0 Å². The highest BCUT2D eigenvalue weighted by Crippen LogP contribution is 2.37. The molecule has 2 heterocycles. The number of rotatable bonds is 6. The van der Waals surface area contributed by atoms with Crippen LogP contribution in [-0.2, 0) is 24.2 Å². The predicted molar refractivity (Wildman–Crippen MR) is 107 cm³/mol. The van der Waals surface area contributed by atoms with Crippen LogP contribution in [-0.4, -0.2) is 31.4 Å². The number of carbonyl (C=O) groups excluding carboxylic acids is 1. The largest absolute Gasteiger partial charge is 0.316 e. The Labute approximate surface area is 167 Å². The molecule has 0 saturated heterocycles. The summed E-state index contributed by atoms with van der Waals surface area (Å²) in [4.78, 5) is 14.0. The summed E-state index contributed by atoms with van der Waals surface area (Å²) in [5.41, 5.74) is 1.78. The van der Waals surface area contributed by atoms with Gasteiger partial charge in [0.2, 0.25) is 11.1 Å². The average Bonchev–Trinajstić information content (AvgIpc) is 3.10. The first-order valence-corrected chi connectivity index (χ1v) is 11.0. The van der Waals surface area contributed by atoms with Crippen molar-refractivity contribution in [2.24, 2.45) is 5.92 Å². The van der Waals surface area contributed by atoms with Crippen LogP contribution in [0.3, 0.4) is 0 Å². The van der Waals surface area contributed by atoms with E-state index in [9.17, 15) is 10.1 Å². The number of aromatic nitrogens is 4. The Bertz CT molecular complexity index is 851. The third-order valence-corrected chi connectivity index (χ3v) is 6.74. The Hall–Kier alpha value is -1.92. The molecule has 0 spiro atoms. The van der Waals surface area contributed by atoms with Gasteiger partial charge in [-0.2, -0.15) is 5.26 Å². The smallest absolute Gasteiger partial charge is 0.238 e. The number of hydrogen-bond donors (Lipinski definition) is 1. The minimum Gasteiger partial charge on any atom is -0.316 e. The number of nitriles is 1. The van der Waals surface area contributed by atoms with Crippen molar-refractivity contribution in [2.45, 2.75) is 69.8 Å². The third kappa shape index (κ3) is 4.68. The fraction of sp³-hybridized carbons (Fsp3) is 0.611. The molecule has 9 heteroatoms. The van der Waals surface area contributed by atoms with Crippen LogP contribution in [0.15, 0.2) is 5.16 Å². The predicted octanol–water partition coefficient (Wildman–Crippen LogP) is 3.65. The Kier molecular flexibility index (Phi) is 6.50. The second kappa shape index (κ2) is 8.85. The molecule has 0 aliphatic heterocycles. The van der Waals surface area contributed by atoms with Crippen molar-refractivity contribution < 1.29 is 4.79 Å². The van der Waals surface area contributed by atoms with Crippen LogP contribution in [0, 0.1) is 17.2 Å². The summed E-state index contributed by atoms with van der Waals surface area (Å²) in [5.74, 6) is 0.281. The first-order valence-electron chi connectivity index (χ1n) is 9.28. The van der Waals surface area contributed by atoms with Gasteiger partial charge in [0.25, 0.3) is 0 Å². The molecule has 1 unspecified atom stereocenters. The molecule has 2 aromatic rings. The normalized spacial score (nSPS) is 15.1. The maximum atomic E-state index is 12.7. The van der Waals surface area contributed by atoms with Crippen LogP contribution in [0.1, 0.15) is 56.0 Å². The number of amides is 1. The highest BCUT2D eigenvalue weighted by Gasteiger charge is 2.24. The van der Waals surface area contributed by atoms with Gasteiger partial charge in [-0.25, -0.2) is 4.68 Å². The molecular weight excluding hydrogens is 380 g/mol. The zero-order valence-electron chi connectivity index (χ0n) is 15.9. The molecule has 0 fully saturated rings. The molecule has 144 valence electrons. The van der Waals surface area contributed by atoms with Gasteiger partial charge in [0.1, 0.15) is 11.1 Å². The van der Waals surface area contributed by atoms with E-state index in [1.807, 2.05) is 6.92 Å². The van der Waals surface area contributed by atoms with Crippen molar-refractivity contribution in [3.8, 4) is 6.07 Å². The van der Waals surface area contributed by atoms with Crippen LogP contribution in [0.5, 0.6) is 0 Å². The molecule has 7 nitrogen and oxygen atoms in total. The lowest BCUT2D eigenvalue weighted by Crippen LogP contribution is -2.23. The Morgan fingerprint density at radius 2 is 2.11 bits per heavy atom. The number of hydrogen-bond acceptors (Lipinski definition) is 7. The summed E-state index contributed by atoms with van der Waals surface area (Å²) < 4.78 is 1.73. The van der Waals surface area contributed by atoms with E-state index in [0.29, 0.717) is 28.2 Å². The molecule has 1 amide bonds. The summed E-state index contributed by atoms with van der Waals surface area (Å²) in [6.07, 6.45) is 5.39. The van der Waals surface area contributed by atoms with Crippen molar-refractivity contribution in [2.75, 3.05) is 5.32 Å².